The van der Waals surface area contributed by atoms with Crippen molar-refractivity contribution in [2.45, 2.75) is 51.0 Å². The van der Waals surface area contributed by atoms with Crippen LogP contribution in [0.2, 0.25) is 0 Å². The molecule has 0 aromatic carbocycles. The largest absolute Gasteiger partial charge is 0.377 e. The summed E-state index contributed by atoms with van der Waals surface area (Å²) in [4.78, 5) is 0. The van der Waals surface area contributed by atoms with Gasteiger partial charge < -0.3 is 23.7 Å². The summed E-state index contributed by atoms with van der Waals surface area (Å²) in [5.74, 6) is 2.54. The molecule has 2 saturated carbocycles. The van der Waals surface area contributed by atoms with Crippen LogP contribution < -0.4 is 0 Å². The Hall–Kier alpha value is -0.200. The lowest BCUT2D eigenvalue weighted by Crippen LogP contribution is -2.37. The smallest absolute Gasteiger partial charge is 0.0837 e. The van der Waals surface area contributed by atoms with Gasteiger partial charge in [-0.25, -0.2) is 0 Å². The molecule has 0 aromatic heterocycles. The highest BCUT2D eigenvalue weighted by Crippen LogP contribution is 2.44. The van der Waals surface area contributed by atoms with Crippen LogP contribution in [0.4, 0.5) is 0 Å². The normalized spacial score (nSPS) is 37.4. The van der Waals surface area contributed by atoms with Gasteiger partial charge in [-0.1, -0.05) is 25.7 Å². The van der Waals surface area contributed by atoms with Gasteiger partial charge in [0.25, 0.3) is 0 Å². The van der Waals surface area contributed by atoms with Crippen molar-refractivity contribution >= 4 is 0 Å². The molecule has 3 fully saturated rings. The number of hydrogen-bond donors (Lipinski definition) is 0. The molecule has 146 valence electrons. The van der Waals surface area contributed by atoms with Crippen LogP contribution in [0.1, 0.15) is 44.9 Å². The fraction of sp³-hybridized carbons (Fsp3) is 1.00. The molecular weight excluding hydrogens is 320 g/mol. The maximum absolute atomic E-state index is 6.21. The minimum atomic E-state index is 0.202. The lowest BCUT2D eigenvalue weighted by molar-refractivity contribution is -0.0839. The quantitative estimate of drug-likeness (QED) is 0.723. The van der Waals surface area contributed by atoms with E-state index < -0.39 is 0 Å². The van der Waals surface area contributed by atoms with Crippen molar-refractivity contribution in [3.8, 4) is 0 Å². The van der Waals surface area contributed by atoms with Crippen LogP contribution in [0.3, 0.4) is 0 Å². The van der Waals surface area contributed by atoms with E-state index in [9.17, 15) is 0 Å². The van der Waals surface area contributed by atoms with Crippen molar-refractivity contribution in [3.63, 3.8) is 0 Å². The average Bonchev–Trinajstić information content (AvgIpc) is 2.66. The zero-order valence-corrected chi connectivity index (χ0v) is 15.7. The van der Waals surface area contributed by atoms with Gasteiger partial charge in [0.05, 0.1) is 65.6 Å². The monoisotopic (exact) mass is 356 g/mol. The molecule has 0 radical (unpaired) electrons. The molecule has 0 spiro atoms. The molecular formula is C20H36O5. The van der Waals surface area contributed by atoms with Crippen molar-refractivity contribution in [2.75, 3.05) is 59.5 Å². The van der Waals surface area contributed by atoms with Gasteiger partial charge in [-0.3, -0.25) is 0 Å². The molecule has 0 aromatic rings. The third-order valence-corrected chi connectivity index (χ3v) is 6.06. The Morgan fingerprint density at radius 2 is 1.04 bits per heavy atom. The third kappa shape index (κ3) is 6.79. The fourth-order valence-corrected chi connectivity index (χ4v) is 4.69. The van der Waals surface area contributed by atoms with E-state index in [4.69, 9.17) is 23.7 Å². The zero-order chi connectivity index (χ0) is 17.2. The standard InChI is InChI=1S/C20H36O5/c1-2-4-18-15-19(6-5-17(18)3-1)20-16-24-12-11-22-8-7-21-9-10-23-13-14-25-20/h17-20H,1-16H2. The molecule has 4 unspecified atom stereocenters. The molecule has 0 N–H and O–H groups in total. The lowest BCUT2D eigenvalue weighted by Gasteiger charge is -2.41. The Morgan fingerprint density at radius 3 is 1.76 bits per heavy atom. The summed E-state index contributed by atoms with van der Waals surface area (Å²) in [5, 5.41) is 0. The molecule has 1 aliphatic heterocycles. The zero-order valence-electron chi connectivity index (χ0n) is 15.7. The Labute approximate surface area is 152 Å². The van der Waals surface area contributed by atoms with E-state index in [-0.39, 0.29) is 6.10 Å². The summed E-state index contributed by atoms with van der Waals surface area (Å²) >= 11 is 0. The van der Waals surface area contributed by atoms with Crippen LogP contribution in [0.15, 0.2) is 0 Å². The van der Waals surface area contributed by atoms with Crippen LogP contribution >= 0.6 is 0 Å². The molecule has 5 heteroatoms. The summed E-state index contributed by atoms with van der Waals surface area (Å²) in [5.41, 5.74) is 0. The maximum atomic E-state index is 6.21. The van der Waals surface area contributed by atoms with Crippen molar-refractivity contribution in [1.82, 2.24) is 0 Å². The highest BCUT2D eigenvalue weighted by Gasteiger charge is 2.35. The summed E-state index contributed by atoms with van der Waals surface area (Å²) in [6.07, 6.45) is 9.93. The van der Waals surface area contributed by atoms with E-state index in [1.165, 1.54) is 44.9 Å². The lowest BCUT2D eigenvalue weighted by atomic mass is 9.66. The van der Waals surface area contributed by atoms with E-state index in [1.54, 1.807) is 0 Å². The van der Waals surface area contributed by atoms with E-state index in [0.717, 1.165) is 11.8 Å². The predicted molar refractivity (Wildman–Crippen MR) is 95.8 cm³/mol. The van der Waals surface area contributed by atoms with Gasteiger partial charge in [0.2, 0.25) is 0 Å². The Morgan fingerprint density at radius 1 is 0.480 bits per heavy atom. The van der Waals surface area contributed by atoms with Gasteiger partial charge in [0.1, 0.15) is 0 Å². The Kier molecular flexibility index (Phi) is 9.00. The molecule has 4 atom stereocenters. The molecule has 3 aliphatic rings. The van der Waals surface area contributed by atoms with Crippen LogP contribution in [-0.2, 0) is 23.7 Å². The molecule has 0 bridgehead atoms. The van der Waals surface area contributed by atoms with Gasteiger partial charge in [-0.2, -0.15) is 0 Å². The fourth-order valence-electron chi connectivity index (χ4n) is 4.69. The predicted octanol–water partition coefficient (Wildman–Crippen LogP) is 3.06. The molecule has 0 amide bonds. The van der Waals surface area contributed by atoms with Crippen LogP contribution in [0, 0.1) is 17.8 Å². The second-order valence-corrected chi connectivity index (χ2v) is 7.70. The van der Waals surface area contributed by atoms with Gasteiger partial charge in [0, 0.05) is 0 Å². The Bertz CT molecular complexity index is 335. The summed E-state index contributed by atoms with van der Waals surface area (Å²) in [6, 6.07) is 0. The third-order valence-electron chi connectivity index (χ3n) is 6.06. The van der Waals surface area contributed by atoms with Gasteiger partial charge in [0.15, 0.2) is 0 Å². The van der Waals surface area contributed by atoms with E-state index in [2.05, 4.69) is 0 Å². The summed E-state index contributed by atoms with van der Waals surface area (Å²) < 4.78 is 28.7. The highest BCUT2D eigenvalue weighted by atomic mass is 16.6. The van der Waals surface area contributed by atoms with Crippen molar-refractivity contribution in [1.29, 1.82) is 0 Å². The van der Waals surface area contributed by atoms with Crippen LogP contribution in [0.5, 0.6) is 0 Å². The van der Waals surface area contributed by atoms with E-state index >= 15 is 0 Å². The Balaban J connectivity index is 1.47. The van der Waals surface area contributed by atoms with Gasteiger partial charge >= 0.3 is 0 Å². The minimum Gasteiger partial charge on any atom is -0.377 e. The SMILES string of the molecule is C1CCC2CC(C3COCCOCCOCCOCCO3)CCC2C1. The van der Waals surface area contributed by atoms with Crippen molar-refractivity contribution in [3.05, 3.63) is 0 Å². The number of rotatable bonds is 1. The first-order valence-corrected chi connectivity index (χ1v) is 10.4. The second-order valence-electron chi connectivity index (χ2n) is 7.70. The first kappa shape index (κ1) is 19.6. The van der Waals surface area contributed by atoms with Crippen molar-refractivity contribution in [2.24, 2.45) is 17.8 Å². The average molecular weight is 357 g/mol. The van der Waals surface area contributed by atoms with Crippen LogP contribution in [0.25, 0.3) is 0 Å². The van der Waals surface area contributed by atoms with Gasteiger partial charge in [-0.05, 0) is 37.0 Å². The molecule has 1 saturated heterocycles. The molecule has 25 heavy (non-hydrogen) atoms. The van der Waals surface area contributed by atoms with E-state index in [0.29, 0.717) is 65.4 Å². The van der Waals surface area contributed by atoms with Crippen LogP contribution in [-0.4, -0.2) is 65.6 Å². The number of ether oxygens (including phenoxy) is 5. The summed E-state index contributed by atoms with van der Waals surface area (Å²) in [7, 11) is 0. The molecule has 5 nitrogen and oxygen atoms in total. The first-order valence-electron chi connectivity index (χ1n) is 10.4. The highest BCUT2D eigenvalue weighted by molar-refractivity contribution is 4.86. The molecule has 3 rings (SSSR count). The topological polar surface area (TPSA) is 46.2 Å². The second kappa shape index (κ2) is 11.5. The number of hydrogen-bond acceptors (Lipinski definition) is 5. The number of fused-ring (bicyclic) bond motifs is 1. The summed E-state index contributed by atoms with van der Waals surface area (Å²) in [6.45, 7) is 5.71. The first-order chi connectivity index (χ1) is 12.4. The molecule has 2 aliphatic carbocycles. The van der Waals surface area contributed by atoms with Gasteiger partial charge in [-0.15, -0.1) is 0 Å². The maximum Gasteiger partial charge on any atom is 0.0837 e. The molecule has 1 heterocycles. The minimum absolute atomic E-state index is 0.202. The van der Waals surface area contributed by atoms with Crippen molar-refractivity contribution < 1.29 is 23.7 Å². The van der Waals surface area contributed by atoms with E-state index in [1.807, 2.05) is 0 Å².